The van der Waals surface area contributed by atoms with E-state index in [4.69, 9.17) is 14.3 Å². The summed E-state index contributed by atoms with van der Waals surface area (Å²) in [5, 5.41) is 20.0. The third-order valence-electron chi connectivity index (χ3n) is 4.19. The van der Waals surface area contributed by atoms with Crippen LogP contribution in [0.25, 0.3) is 17.4 Å². The Morgan fingerprint density at radius 2 is 1.80 bits per heavy atom. The predicted molar refractivity (Wildman–Crippen MR) is 108 cm³/mol. The molecule has 1 heterocycles. The number of rotatable bonds is 8. The second-order valence-electron chi connectivity index (χ2n) is 6.30. The van der Waals surface area contributed by atoms with Gasteiger partial charge in [0, 0.05) is 11.6 Å². The molecular weight excluding hydrogens is 390 g/mol. The van der Waals surface area contributed by atoms with Crippen LogP contribution in [0.3, 0.4) is 0 Å². The Morgan fingerprint density at radius 1 is 1.10 bits per heavy atom. The molecule has 0 saturated heterocycles. The average molecular weight is 407 g/mol. The SMILES string of the molecule is CC(Oc1ccc(C(=O)/C=C/c2ccc(-c3ccccc3[N+](=O)[O-])o2)cc1)C(=O)O. The number of furan rings is 1. The summed E-state index contributed by atoms with van der Waals surface area (Å²) in [6.07, 6.45) is 1.79. The second-order valence-corrected chi connectivity index (χ2v) is 6.30. The van der Waals surface area contributed by atoms with Crippen LogP contribution in [0.4, 0.5) is 5.69 Å². The van der Waals surface area contributed by atoms with Gasteiger partial charge in [-0.1, -0.05) is 12.1 Å². The molecule has 8 nitrogen and oxygen atoms in total. The maximum absolute atomic E-state index is 12.3. The fourth-order valence-corrected chi connectivity index (χ4v) is 2.63. The summed E-state index contributed by atoms with van der Waals surface area (Å²) in [7, 11) is 0. The number of carboxylic acids is 1. The van der Waals surface area contributed by atoms with Crippen molar-refractivity contribution >= 4 is 23.5 Å². The van der Waals surface area contributed by atoms with Crippen molar-refractivity contribution in [2.24, 2.45) is 0 Å². The maximum Gasteiger partial charge on any atom is 0.344 e. The summed E-state index contributed by atoms with van der Waals surface area (Å²) < 4.78 is 10.8. The molecule has 1 N–H and O–H groups in total. The monoisotopic (exact) mass is 407 g/mol. The van der Waals surface area contributed by atoms with Gasteiger partial charge in [0.05, 0.1) is 10.5 Å². The van der Waals surface area contributed by atoms with E-state index in [-0.39, 0.29) is 11.5 Å². The van der Waals surface area contributed by atoms with Gasteiger partial charge in [0.1, 0.15) is 17.3 Å². The van der Waals surface area contributed by atoms with Gasteiger partial charge in [-0.05, 0) is 61.5 Å². The Kier molecular flexibility index (Phi) is 6.07. The number of aliphatic carboxylic acids is 1. The number of hydrogen-bond donors (Lipinski definition) is 1. The van der Waals surface area contributed by atoms with Crippen molar-refractivity contribution in [1.29, 1.82) is 0 Å². The number of nitrogens with zero attached hydrogens (tertiary/aromatic N) is 1. The summed E-state index contributed by atoms with van der Waals surface area (Å²) in [6, 6.07) is 15.5. The number of nitro benzene ring substituents is 1. The maximum atomic E-state index is 12.3. The van der Waals surface area contributed by atoms with E-state index >= 15 is 0 Å². The lowest BCUT2D eigenvalue weighted by atomic mass is 10.1. The molecule has 0 bridgehead atoms. The molecule has 1 aromatic heterocycles. The van der Waals surface area contributed by atoms with E-state index in [2.05, 4.69) is 0 Å². The van der Waals surface area contributed by atoms with Crippen molar-refractivity contribution in [3.05, 3.63) is 88.2 Å². The van der Waals surface area contributed by atoms with Gasteiger partial charge in [0.15, 0.2) is 11.9 Å². The van der Waals surface area contributed by atoms with E-state index in [0.717, 1.165) is 0 Å². The van der Waals surface area contributed by atoms with E-state index < -0.39 is 17.0 Å². The number of benzene rings is 2. The van der Waals surface area contributed by atoms with Crippen molar-refractivity contribution in [3.8, 4) is 17.1 Å². The largest absolute Gasteiger partial charge is 0.479 e. The van der Waals surface area contributed by atoms with Gasteiger partial charge in [0.25, 0.3) is 5.69 Å². The number of nitro groups is 1. The van der Waals surface area contributed by atoms with Crippen LogP contribution in [0, 0.1) is 10.1 Å². The number of carbonyl (C=O) groups excluding carboxylic acids is 1. The molecule has 3 aromatic rings. The molecule has 0 aliphatic carbocycles. The number of hydrogen-bond acceptors (Lipinski definition) is 6. The minimum Gasteiger partial charge on any atom is -0.479 e. The minimum absolute atomic E-state index is 0.0713. The fraction of sp³-hybridized carbons (Fsp3) is 0.0909. The standard InChI is InChI=1S/C22H17NO7/c1-14(22(25)26)29-16-8-6-15(7-9-16)20(24)12-10-17-11-13-21(30-17)18-4-2-3-5-19(18)23(27)28/h2-14H,1H3,(H,25,26)/b12-10+. The fourth-order valence-electron chi connectivity index (χ4n) is 2.63. The third kappa shape index (κ3) is 4.79. The quantitative estimate of drug-likeness (QED) is 0.251. The second kappa shape index (κ2) is 8.87. The van der Waals surface area contributed by atoms with Crippen LogP contribution < -0.4 is 4.74 Å². The first-order valence-corrected chi connectivity index (χ1v) is 8.90. The Morgan fingerprint density at radius 3 is 2.47 bits per heavy atom. The van der Waals surface area contributed by atoms with Crippen LogP contribution in [0.2, 0.25) is 0 Å². The molecule has 0 aliphatic heterocycles. The Hall–Kier alpha value is -4.20. The van der Waals surface area contributed by atoms with Crippen molar-refractivity contribution in [3.63, 3.8) is 0 Å². The normalized spacial score (nSPS) is 11.9. The molecule has 1 atom stereocenters. The summed E-state index contributed by atoms with van der Waals surface area (Å²) in [5.74, 6) is -0.353. The molecule has 30 heavy (non-hydrogen) atoms. The lowest BCUT2D eigenvalue weighted by molar-refractivity contribution is -0.384. The topological polar surface area (TPSA) is 120 Å². The van der Waals surface area contributed by atoms with Crippen LogP contribution in [0.15, 0.2) is 71.2 Å². The molecule has 0 radical (unpaired) electrons. The van der Waals surface area contributed by atoms with Crippen LogP contribution in [0.1, 0.15) is 23.0 Å². The van der Waals surface area contributed by atoms with Crippen molar-refractivity contribution in [2.75, 3.05) is 0 Å². The predicted octanol–water partition coefficient (Wildman–Crippen LogP) is 4.60. The molecule has 0 saturated carbocycles. The summed E-state index contributed by atoms with van der Waals surface area (Å²) >= 11 is 0. The summed E-state index contributed by atoms with van der Waals surface area (Å²) in [6.45, 7) is 1.41. The Balaban J connectivity index is 1.70. The third-order valence-corrected chi connectivity index (χ3v) is 4.19. The van der Waals surface area contributed by atoms with Crippen LogP contribution in [0.5, 0.6) is 5.75 Å². The van der Waals surface area contributed by atoms with Gasteiger partial charge in [-0.25, -0.2) is 4.79 Å². The molecule has 0 aliphatic rings. The number of ketones is 1. The van der Waals surface area contributed by atoms with Crippen molar-refractivity contribution in [1.82, 2.24) is 0 Å². The van der Waals surface area contributed by atoms with E-state index in [9.17, 15) is 19.7 Å². The molecule has 0 fully saturated rings. The van der Waals surface area contributed by atoms with Gasteiger partial charge < -0.3 is 14.3 Å². The summed E-state index contributed by atoms with van der Waals surface area (Å²) in [5.41, 5.74) is 0.657. The van der Waals surface area contributed by atoms with Gasteiger partial charge in [-0.2, -0.15) is 0 Å². The number of ether oxygens (including phenoxy) is 1. The number of carbonyl (C=O) groups is 2. The van der Waals surface area contributed by atoms with Gasteiger partial charge >= 0.3 is 5.97 Å². The lowest BCUT2D eigenvalue weighted by Gasteiger charge is -2.10. The van der Waals surface area contributed by atoms with Gasteiger partial charge in [-0.15, -0.1) is 0 Å². The van der Waals surface area contributed by atoms with E-state index in [1.54, 1.807) is 30.3 Å². The molecular formula is C22H17NO7. The van der Waals surface area contributed by atoms with Crippen LogP contribution >= 0.6 is 0 Å². The van der Waals surface area contributed by atoms with E-state index in [0.29, 0.717) is 28.4 Å². The van der Waals surface area contributed by atoms with Gasteiger partial charge in [-0.3, -0.25) is 14.9 Å². The minimum atomic E-state index is -1.09. The molecule has 3 rings (SSSR count). The first-order chi connectivity index (χ1) is 14.3. The first kappa shape index (κ1) is 20.5. The zero-order valence-electron chi connectivity index (χ0n) is 15.8. The number of carboxylic acid groups (broad SMARTS) is 1. The van der Waals surface area contributed by atoms with Crippen LogP contribution in [-0.4, -0.2) is 27.9 Å². The average Bonchev–Trinajstić information content (AvgIpc) is 3.21. The highest BCUT2D eigenvalue weighted by atomic mass is 16.6. The van der Waals surface area contributed by atoms with Crippen LogP contribution in [-0.2, 0) is 4.79 Å². The Labute approximate surface area is 171 Å². The smallest absolute Gasteiger partial charge is 0.344 e. The molecule has 8 heteroatoms. The zero-order chi connectivity index (χ0) is 21.7. The highest BCUT2D eigenvalue weighted by Crippen LogP contribution is 2.31. The highest BCUT2D eigenvalue weighted by Gasteiger charge is 2.17. The molecule has 152 valence electrons. The Bertz CT molecular complexity index is 1110. The van der Waals surface area contributed by atoms with E-state index in [1.165, 1.54) is 49.4 Å². The highest BCUT2D eigenvalue weighted by molar-refractivity contribution is 6.06. The van der Waals surface area contributed by atoms with Crippen molar-refractivity contribution < 1.29 is 28.8 Å². The zero-order valence-corrected chi connectivity index (χ0v) is 15.8. The lowest BCUT2D eigenvalue weighted by Crippen LogP contribution is -2.22. The summed E-state index contributed by atoms with van der Waals surface area (Å²) in [4.78, 5) is 33.8. The van der Waals surface area contributed by atoms with Gasteiger partial charge in [0.2, 0.25) is 0 Å². The molecule has 0 amide bonds. The molecule has 1 unspecified atom stereocenters. The number of allylic oxidation sites excluding steroid dienone is 1. The first-order valence-electron chi connectivity index (χ1n) is 8.90. The van der Waals surface area contributed by atoms with Crippen molar-refractivity contribution in [2.45, 2.75) is 13.0 Å². The number of para-hydroxylation sites is 1. The van der Waals surface area contributed by atoms with E-state index in [1.807, 2.05) is 0 Å². The molecule has 0 spiro atoms. The molecule has 2 aromatic carbocycles.